The summed E-state index contributed by atoms with van der Waals surface area (Å²) >= 11 is 0. The molecule has 1 aliphatic rings. The minimum Gasteiger partial charge on any atom is -0.632 e. The molecule has 3 heteroatoms. The van der Waals surface area contributed by atoms with Gasteiger partial charge in [0.05, 0.1) is 13.1 Å². The summed E-state index contributed by atoms with van der Waals surface area (Å²) in [5, 5.41) is 14.9. The number of rotatable bonds is 4. The Labute approximate surface area is 119 Å². The van der Waals surface area contributed by atoms with Gasteiger partial charge in [0.15, 0.2) is 6.04 Å². The highest BCUT2D eigenvalue weighted by Crippen LogP contribution is 2.24. The molecule has 0 unspecified atom stereocenters. The number of hydrogen-bond donors (Lipinski definition) is 0. The third kappa shape index (κ3) is 2.47. The van der Waals surface area contributed by atoms with E-state index in [0.717, 1.165) is 23.8 Å². The SMILES string of the molecule is O=[C][C@@H](Cc1ccc2ccccc2c1)[N+]1([O-])CCCC1. The minimum absolute atomic E-state index is 0.393. The largest absolute Gasteiger partial charge is 0.632 e. The second-order valence-corrected chi connectivity index (χ2v) is 5.63. The Morgan fingerprint density at radius 1 is 1.10 bits per heavy atom. The molecule has 0 aliphatic carbocycles. The Kier molecular flexibility index (Phi) is 3.55. The minimum atomic E-state index is -0.585. The fourth-order valence-corrected chi connectivity index (χ4v) is 3.08. The van der Waals surface area contributed by atoms with Gasteiger partial charge in [-0.1, -0.05) is 42.5 Å². The average Bonchev–Trinajstić information content (AvgIpc) is 2.92. The lowest BCUT2D eigenvalue weighted by atomic mass is 10.0. The van der Waals surface area contributed by atoms with Gasteiger partial charge in [0.2, 0.25) is 0 Å². The third-order valence-corrected chi connectivity index (χ3v) is 4.27. The van der Waals surface area contributed by atoms with Crippen LogP contribution < -0.4 is 0 Å². The van der Waals surface area contributed by atoms with Crippen LogP contribution in [-0.4, -0.2) is 30.1 Å². The van der Waals surface area contributed by atoms with Crippen LogP contribution in [0.4, 0.5) is 0 Å². The normalized spacial score (nSPS) is 19.1. The van der Waals surface area contributed by atoms with Crippen LogP contribution in [0.2, 0.25) is 0 Å². The summed E-state index contributed by atoms with van der Waals surface area (Å²) in [4.78, 5) is 11.2. The number of benzene rings is 2. The fourth-order valence-electron chi connectivity index (χ4n) is 3.08. The monoisotopic (exact) mass is 268 g/mol. The maximum Gasteiger partial charge on any atom is 0.262 e. The topological polar surface area (TPSA) is 40.1 Å². The molecule has 0 N–H and O–H groups in total. The summed E-state index contributed by atoms with van der Waals surface area (Å²) in [6.07, 6.45) is 4.31. The summed E-state index contributed by atoms with van der Waals surface area (Å²) in [6, 6.07) is 13.7. The Balaban J connectivity index is 1.85. The zero-order chi connectivity index (χ0) is 14.0. The van der Waals surface area contributed by atoms with Gasteiger partial charge < -0.3 is 9.85 Å². The number of nitrogens with zero attached hydrogens (tertiary/aromatic N) is 1. The van der Waals surface area contributed by atoms with Gasteiger partial charge in [-0.3, -0.25) is 4.79 Å². The molecule has 0 amide bonds. The highest BCUT2D eigenvalue weighted by Gasteiger charge is 2.32. The first-order chi connectivity index (χ1) is 9.71. The van der Waals surface area contributed by atoms with E-state index in [4.69, 9.17) is 0 Å². The average molecular weight is 268 g/mol. The number of likely N-dealkylation sites (tertiary alicyclic amines) is 1. The van der Waals surface area contributed by atoms with Crippen molar-refractivity contribution in [3.05, 3.63) is 53.2 Å². The molecule has 2 aromatic carbocycles. The molecule has 0 spiro atoms. The van der Waals surface area contributed by atoms with Crippen LogP contribution in [-0.2, 0) is 11.2 Å². The highest BCUT2D eigenvalue weighted by atomic mass is 16.5. The van der Waals surface area contributed by atoms with Crippen LogP contribution in [0.15, 0.2) is 42.5 Å². The van der Waals surface area contributed by atoms with E-state index in [0.29, 0.717) is 19.5 Å². The molecule has 2 aromatic rings. The van der Waals surface area contributed by atoms with E-state index in [-0.39, 0.29) is 0 Å². The van der Waals surface area contributed by atoms with Crippen molar-refractivity contribution in [3.63, 3.8) is 0 Å². The molecule has 3 nitrogen and oxygen atoms in total. The molecule has 103 valence electrons. The summed E-state index contributed by atoms with van der Waals surface area (Å²) in [5.74, 6) is 0. The zero-order valence-corrected chi connectivity index (χ0v) is 11.4. The summed E-state index contributed by atoms with van der Waals surface area (Å²) in [6.45, 7) is 1.10. The summed E-state index contributed by atoms with van der Waals surface area (Å²) < 4.78 is -0.393. The molecular weight excluding hydrogens is 250 g/mol. The maximum atomic E-state index is 12.6. The first-order valence-corrected chi connectivity index (χ1v) is 7.14. The molecule has 0 bridgehead atoms. The van der Waals surface area contributed by atoms with Crippen LogP contribution >= 0.6 is 0 Å². The molecule has 1 atom stereocenters. The van der Waals surface area contributed by atoms with Crippen LogP contribution in [0.3, 0.4) is 0 Å². The number of hydrogen-bond acceptors (Lipinski definition) is 2. The molecule has 1 saturated heterocycles. The first kappa shape index (κ1) is 13.3. The van der Waals surface area contributed by atoms with E-state index >= 15 is 0 Å². The second-order valence-electron chi connectivity index (χ2n) is 5.63. The third-order valence-electron chi connectivity index (χ3n) is 4.27. The van der Waals surface area contributed by atoms with Crippen LogP contribution in [0, 0.1) is 5.21 Å². The molecule has 1 fully saturated rings. The molecule has 3 rings (SSSR count). The van der Waals surface area contributed by atoms with Gasteiger partial charge in [-0.05, 0) is 16.3 Å². The van der Waals surface area contributed by atoms with Gasteiger partial charge in [-0.15, -0.1) is 0 Å². The van der Waals surface area contributed by atoms with Gasteiger partial charge >= 0.3 is 0 Å². The van der Waals surface area contributed by atoms with Crippen molar-refractivity contribution >= 4 is 17.1 Å². The van der Waals surface area contributed by atoms with E-state index in [9.17, 15) is 10.0 Å². The van der Waals surface area contributed by atoms with Crippen molar-refractivity contribution in [2.75, 3.05) is 13.1 Å². The van der Waals surface area contributed by atoms with Gasteiger partial charge in [0, 0.05) is 19.3 Å². The van der Waals surface area contributed by atoms with E-state index in [1.165, 1.54) is 5.39 Å². The molecule has 1 radical (unpaired) electrons. The van der Waals surface area contributed by atoms with Crippen molar-refractivity contribution in [1.29, 1.82) is 0 Å². The fraction of sp³-hybridized carbons (Fsp3) is 0.353. The van der Waals surface area contributed by atoms with Crippen molar-refractivity contribution in [3.8, 4) is 0 Å². The van der Waals surface area contributed by atoms with E-state index < -0.39 is 10.7 Å². The van der Waals surface area contributed by atoms with Crippen LogP contribution in [0.1, 0.15) is 18.4 Å². The van der Waals surface area contributed by atoms with Crippen molar-refractivity contribution in [1.82, 2.24) is 0 Å². The molecule has 0 saturated carbocycles. The Hall–Kier alpha value is -1.71. The number of quaternary nitrogens is 1. The Morgan fingerprint density at radius 3 is 2.50 bits per heavy atom. The summed E-state index contributed by atoms with van der Waals surface area (Å²) in [7, 11) is 0. The molecule has 0 aromatic heterocycles. The molecule has 1 aliphatic heterocycles. The Bertz CT molecular complexity index is 617. The van der Waals surface area contributed by atoms with Crippen molar-refractivity contribution in [2.24, 2.45) is 0 Å². The van der Waals surface area contributed by atoms with Crippen molar-refractivity contribution < 1.29 is 9.44 Å². The predicted octanol–water partition coefficient (Wildman–Crippen LogP) is 2.97. The first-order valence-electron chi connectivity index (χ1n) is 7.14. The standard InChI is InChI=1S/C17H18NO2/c19-13-17(18(20)9-3-4-10-18)12-14-7-8-15-5-1-2-6-16(15)11-14/h1-2,5-8,11,17H,3-4,9-10,12H2/t17-/m1/s1. The number of fused-ring (bicyclic) bond motifs is 1. The van der Waals surface area contributed by atoms with Gasteiger partial charge in [-0.25, -0.2) is 0 Å². The van der Waals surface area contributed by atoms with Crippen LogP contribution in [0.25, 0.3) is 10.8 Å². The highest BCUT2D eigenvalue weighted by molar-refractivity contribution is 5.83. The van der Waals surface area contributed by atoms with Gasteiger partial charge in [-0.2, -0.15) is 0 Å². The smallest absolute Gasteiger partial charge is 0.262 e. The van der Waals surface area contributed by atoms with E-state index in [1.54, 1.807) is 0 Å². The molecule has 20 heavy (non-hydrogen) atoms. The lowest BCUT2D eigenvalue weighted by Crippen LogP contribution is -2.50. The van der Waals surface area contributed by atoms with E-state index in [2.05, 4.69) is 18.2 Å². The molecular formula is C17H18NO2. The molecule has 1 heterocycles. The van der Waals surface area contributed by atoms with E-state index in [1.807, 2.05) is 30.6 Å². The Morgan fingerprint density at radius 2 is 1.80 bits per heavy atom. The predicted molar refractivity (Wildman–Crippen MR) is 79.7 cm³/mol. The lowest BCUT2D eigenvalue weighted by molar-refractivity contribution is -0.882. The summed E-state index contributed by atoms with van der Waals surface area (Å²) in [5.41, 5.74) is 1.04. The quantitative estimate of drug-likeness (QED) is 0.632. The second kappa shape index (κ2) is 5.35. The van der Waals surface area contributed by atoms with Gasteiger partial charge in [0.1, 0.15) is 0 Å². The lowest BCUT2D eigenvalue weighted by Gasteiger charge is -2.42. The number of carbonyl (C=O) groups excluding carboxylic acids is 1. The van der Waals surface area contributed by atoms with Crippen LogP contribution in [0.5, 0.6) is 0 Å². The van der Waals surface area contributed by atoms with Gasteiger partial charge in [0.25, 0.3) is 6.29 Å². The number of hydroxylamine groups is 3. The maximum absolute atomic E-state index is 12.6. The van der Waals surface area contributed by atoms with Crippen molar-refractivity contribution in [2.45, 2.75) is 25.3 Å². The zero-order valence-electron chi connectivity index (χ0n) is 11.4.